The SMILES string of the molecule is Cc1nc2cc([C@@H]3CCCN3Cc3ccc(O)cc3)nn2c(C)c1CCC(=O)N1CCCC1. The fraction of sp³-hybridized carbons (Fsp3) is 0.500. The van der Waals surface area contributed by atoms with Crippen LogP contribution in [0, 0.1) is 13.8 Å². The van der Waals surface area contributed by atoms with Gasteiger partial charge < -0.3 is 10.0 Å². The first kappa shape index (κ1) is 21.9. The lowest BCUT2D eigenvalue weighted by Crippen LogP contribution is -2.28. The van der Waals surface area contributed by atoms with E-state index in [1.54, 1.807) is 12.1 Å². The average Bonchev–Trinajstić information content (AvgIpc) is 3.55. The van der Waals surface area contributed by atoms with Crippen molar-refractivity contribution in [1.29, 1.82) is 0 Å². The largest absolute Gasteiger partial charge is 0.508 e. The van der Waals surface area contributed by atoms with E-state index in [0.717, 1.165) is 80.2 Å². The molecule has 4 heterocycles. The van der Waals surface area contributed by atoms with Crippen LogP contribution in [-0.2, 0) is 17.8 Å². The Morgan fingerprint density at radius 1 is 1.09 bits per heavy atom. The summed E-state index contributed by atoms with van der Waals surface area (Å²) in [6, 6.07) is 9.85. The zero-order valence-electron chi connectivity index (χ0n) is 19.6. The highest BCUT2D eigenvalue weighted by molar-refractivity contribution is 5.76. The number of amides is 1. The molecule has 0 bridgehead atoms. The molecule has 2 aliphatic heterocycles. The summed E-state index contributed by atoms with van der Waals surface area (Å²) in [6.07, 6.45) is 5.72. The molecule has 2 fully saturated rings. The van der Waals surface area contributed by atoms with Gasteiger partial charge in [-0.2, -0.15) is 5.10 Å². The lowest BCUT2D eigenvalue weighted by Gasteiger charge is -2.23. The molecule has 2 aliphatic rings. The predicted molar refractivity (Wildman–Crippen MR) is 127 cm³/mol. The third kappa shape index (κ3) is 4.47. The van der Waals surface area contributed by atoms with Crippen LogP contribution in [0.4, 0.5) is 0 Å². The summed E-state index contributed by atoms with van der Waals surface area (Å²) in [5.41, 5.74) is 6.35. The standard InChI is InChI=1S/C26H33N5O2/c1-18-22(11-12-26(33)29-13-3-4-14-29)19(2)31-25(27-18)16-23(28-31)24-6-5-15-30(24)17-20-7-9-21(32)10-8-20/h7-10,16,24,32H,3-6,11-15,17H2,1-2H3/t24-/m0/s1. The monoisotopic (exact) mass is 447 g/mol. The van der Waals surface area contributed by atoms with Crippen LogP contribution in [0.15, 0.2) is 30.3 Å². The molecule has 0 saturated carbocycles. The van der Waals surface area contributed by atoms with Gasteiger partial charge in [0.15, 0.2) is 5.65 Å². The summed E-state index contributed by atoms with van der Waals surface area (Å²) in [6.45, 7) is 7.82. The Kier molecular flexibility index (Phi) is 6.06. The molecule has 3 aromatic rings. The van der Waals surface area contributed by atoms with Crippen molar-refractivity contribution in [2.24, 2.45) is 0 Å². The first-order valence-electron chi connectivity index (χ1n) is 12.1. The number of likely N-dealkylation sites (tertiary alicyclic amines) is 2. The molecule has 33 heavy (non-hydrogen) atoms. The van der Waals surface area contributed by atoms with Crippen molar-refractivity contribution >= 4 is 11.6 Å². The molecule has 2 saturated heterocycles. The molecule has 1 atom stereocenters. The number of hydrogen-bond donors (Lipinski definition) is 1. The lowest BCUT2D eigenvalue weighted by molar-refractivity contribution is -0.130. The molecule has 7 heteroatoms. The van der Waals surface area contributed by atoms with Gasteiger partial charge >= 0.3 is 0 Å². The first-order valence-corrected chi connectivity index (χ1v) is 12.1. The minimum Gasteiger partial charge on any atom is -0.508 e. The minimum absolute atomic E-state index is 0.253. The quantitative estimate of drug-likeness (QED) is 0.620. The number of aromatic hydroxyl groups is 1. The number of benzene rings is 1. The number of hydrogen-bond acceptors (Lipinski definition) is 5. The van der Waals surface area contributed by atoms with Crippen LogP contribution < -0.4 is 0 Å². The minimum atomic E-state index is 0.253. The topological polar surface area (TPSA) is 74.0 Å². The number of aromatic nitrogens is 3. The van der Waals surface area contributed by atoms with Crippen LogP contribution in [-0.4, -0.2) is 55.0 Å². The maximum atomic E-state index is 12.6. The molecular formula is C26H33N5O2. The molecular weight excluding hydrogens is 414 g/mol. The normalized spacial score (nSPS) is 19.1. The molecule has 0 aliphatic carbocycles. The molecule has 0 unspecified atom stereocenters. The molecule has 174 valence electrons. The Hall–Kier alpha value is -2.93. The highest BCUT2D eigenvalue weighted by Crippen LogP contribution is 2.33. The van der Waals surface area contributed by atoms with E-state index in [2.05, 4.69) is 17.9 Å². The first-order chi connectivity index (χ1) is 16.0. The second kappa shape index (κ2) is 9.14. The van der Waals surface area contributed by atoms with Crippen molar-refractivity contribution in [3.8, 4) is 5.75 Å². The van der Waals surface area contributed by atoms with E-state index in [9.17, 15) is 9.90 Å². The molecule has 0 spiro atoms. The summed E-state index contributed by atoms with van der Waals surface area (Å²) in [5.74, 6) is 0.551. The summed E-state index contributed by atoms with van der Waals surface area (Å²) in [7, 11) is 0. The predicted octanol–water partition coefficient (Wildman–Crippen LogP) is 3.94. The second-order valence-electron chi connectivity index (χ2n) is 9.48. The van der Waals surface area contributed by atoms with Crippen molar-refractivity contribution < 1.29 is 9.90 Å². The van der Waals surface area contributed by atoms with Crippen molar-refractivity contribution in [2.45, 2.75) is 65.0 Å². The van der Waals surface area contributed by atoms with E-state index in [1.165, 1.54) is 5.56 Å². The van der Waals surface area contributed by atoms with Gasteiger partial charge in [0, 0.05) is 43.5 Å². The van der Waals surface area contributed by atoms with E-state index in [0.29, 0.717) is 18.6 Å². The molecule has 0 radical (unpaired) electrons. The van der Waals surface area contributed by atoms with Gasteiger partial charge in [0.2, 0.25) is 5.91 Å². The number of carbonyl (C=O) groups is 1. The second-order valence-corrected chi connectivity index (χ2v) is 9.48. The average molecular weight is 448 g/mol. The van der Waals surface area contributed by atoms with E-state index in [-0.39, 0.29) is 11.9 Å². The number of phenols is 1. The Labute approximate surface area is 195 Å². The van der Waals surface area contributed by atoms with Crippen molar-refractivity contribution in [3.05, 3.63) is 58.5 Å². The maximum Gasteiger partial charge on any atom is 0.222 e. The summed E-state index contributed by atoms with van der Waals surface area (Å²) >= 11 is 0. The zero-order chi connectivity index (χ0) is 22.9. The molecule has 1 amide bonds. The Morgan fingerprint density at radius 3 is 2.61 bits per heavy atom. The number of carbonyl (C=O) groups excluding carboxylic acids is 1. The summed E-state index contributed by atoms with van der Waals surface area (Å²) in [5, 5.41) is 14.6. The zero-order valence-corrected chi connectivity index (χ0v) is 19.6. The summed E-state index contributed by atoms with van der Waals surface area (Å²) < 4.78 is 1.97. The molecule has 7 nitrogen and oxygen atoms in total. The van der Waals surface area contributed by atoms with Gasteiger partial charge in [0.05, 0.1) is 11.7 Å². The highest BCUT2D eigenvalue weighted by Gasteiger charge is 2.29. The van der Waals surface area contributed by atoms with Crippen LogP contribution >= 0.6 is 0 Å². The maximum absolute atomic E-state index is 12.6. The van der Waals surface area contributed by atoms with Gasteiger partial charge in [-0.3, -0.25) is 9.69 Å². The third-order valence-corrected chi connectivity index (χ3v) is 7.26. The van der Waals surface area contributed by atoms with Crippen LogP contribution in [0.25, 0.3) is 5.65 Å². The number of fused-ring (bicyclic) bond motifs is 1. The molecule has 1 aromatic carbocycles. The number of rotatable bonds is 6. The Morgan fingerprint density at radius 2 is 1.85 bits per heavy atom. The van der Waals surface area contributed by atoms with E-state index in [1.807, 2.05) is 28.5 Å². The number of aryl methyl sites for hydroxylation is 2. The van der Waals surface area contributed by atoms with Crippen LogP contribution in [0.5, 0.6) is 5.75 Å². The van der Waals surface area contributed by atoms with Gasteiger partial charge in [0.1, 0.15) is 5.75 Å². The van der Waals surface area contributed by atoms with Gasteiger partial charge in [-0.25, -0.2) is 9.50 Å². The smallest absolute Gasteiger partial charge is 0.222 e. The lowest BCUT2D eigenvalue weighted by atomic mass is 10.1. The fourth-order valence-electron chi connectivity index (χ4n) is 5.41. The van der Waals surface area contributed by atoms with E-state index in [4.69, 9.17) is 10.1 Å². The molecule has 1 N–H and O–H groups in total. The van der Waals surface area contributed by atoms with Crippen molar-refractivity contribution in [1.82, 2.24) is 24.4 Å². The van der Waals surface area contributed by atoms with E-state index < -0.39 is 0 Å². The van der Waals surface area contributed by atoms with Crippen LogP contribution in [0.2, 0.25) is 0 Å². The van der Waals surface area contributed by atoms with Crippen molar-refractivity contribution in [2.75, 3.05) is 19.6 Å². The van der Waals surface area contributed by atoms with Crippen molar-refractivity contribution in [3.63, 3.8) is 0 Å². The van der Waals surface area contributed by atoms with Gasteiger partial charge in [-0.15, -0.1) is 0 Å². The van der Waals surface area contributed by atoms with Gasteiger partial charge in [0.25, 0.3) is 0 Å². The van der Waals surface area contributed by atoms with Gasteiger partial charge in [-0.05, 0) is 75.8 Å². The van der Waals surface area contributed by atoms with Crippen LogP contribution in [0.1, 0.15) is 66.4 Å². The summed E-state index contributed by atoms with van der Waals surface area (Å²) in [4.78, 5) is 21.9. The number of nitrogens with zero attached hydrogens (tertiary/aromatic N) is 5. The number of phenolic OH excluding ortho intramolecular Hbond substituents is 1. The Bertz CT molecular complexity index is 1150. The molecule has 5 rings (SSSR count). The fourth-order valence-corrected chi connectivity index (χ4v) is 5.41. The molecule has 2 aromatic heterocycles. The highest BCUT2D eigenvalue weighted by atomic mass is 16.3. The van der Waals surface area contributed by atoms with Crippen LogP contribution in [0.3, 0.4) is 0 Å². The van der Waals surface area contributed by atoms with E-state index >= 15 is 0 Å². The third-order valence-electron chi connectivity index (χ3n) is 7.26. The Balaban J connectivity index is 1.35. The van der Waals surface area contributed by atoms with Gasteiger partial charge in [-0.1, -0.05) is 12.1 Å².